The van der Waals surface area contributed by atoms with E-state index in [0.717, 1.165) is 12.8 Å². The molecule has 20 heavy (non-hydrogen) atoms. The predicted molar refractivity (Wildman–Crippen MR) is 80.6 cm³/mol. The van der Waals surface area contributed by atoms with Gasteiger partial charge >= 0.3 is 0 Å². The molecule has 1 unspecified atom stereocenters. The van der Waals surface area contributed by atoms with Crippen LogP contribution in [0.3, 0.4) is 0 Å². The largest absolute Gasteiger partial charge is 0.409 e. The van der Waals surface area contributed by atoms with Crippen LogP contribution in [-0.2, 0) is 4.79 Å². The third-order valence-electron chi connectivity index (χ3n) is 4.29. The Morgan fingerprint density at radius 3 is 2.60 bits per heavy atom. The van der Waals surface area contributed by atoms with Gasteiger partial charge < -0.3 is 16.3 Å². The lowest BCUT2D eigenvalue weighted by Gasteiger charge is -2.44. The number of rotatable bonds is 8. The molecule has 0 saturated heterocycles. The smallest absolute Gasteiger partial charge is 0.234 e. The van der Waals surface area contributed by atoms with E-state index in [-0.39, 0.29) is 17.8 Å². The second kappa shape index (κ2) is 7.50. The summed E-state index contributed by atoms with van der Waals surface area (Å²) in [4.78, 5) is 12.4. The number of carbonyl (C=O) groups excluding carboxylic acids is 1. The van der Waals surface area contributed by atoms with E-state index >= 15 is 0 Å². The Labute approximate surface area is 122 Å². The molecule has 116 valence electrons. The number of amidine groups is 1. The third-order valence-corrected chi connectivity index (χ3v) is 4.29. The molecule has 4 N–H and O–H groups in total. The summed E-state index contributed by atoms with van der Waals surface area (Å²) in [6.45, 7) is 6.28. The lowest BCUT2D eigenvalue weighted by Crippen LogP contribution is -2.58. The summed E-state index contributed by atoms with van der Waals surface area (Å²) in [5.74, 6) is 0.404. The minimum atomic E-state index is -0.786. The van der Waals surface area contributed by atoms with Crippen molar-refractivity contribution in [3.63, 3.8) is 0 Å². The van der Waals surface area contributed by atoms with Gasteiger partial charge in [0, 0.05) is 6.04 Å². The zero-order valence-electron chi connectivity index (χ0n) is 13.0. The van der Waals surface area contributed by atoms with Gasteiger partial charge in [0.25, 0.3) is 0 Å². The first-order valence-corrected chi connectivity index (χ1v) is 7.75. The highest BCUT2D eigenvalue weighted by atomic mass is 16.4. The molecular weight excluding hydrogens is 254 g/mol. The van der Waals surface area contributed by atoms with Gasteiger partial charge in [0.1, 0.15) is 5.41 Å². The van der Waals surface area contributed by atoms with E-state index in [4.69, 9.17) is 10.9 Å². The maximum Gasteiger partial charge on any atom is 0.234 e. The fraction of sp³-hybridized carbons (Fsp3) is 0.867. The van der Waals surface area contributed by atoms with Gasteiger partial charge in [-0.3, -0.25) is 4.79 Å². The standard InChI is InChI=1S/C15H29N3O2/c1-4-5-6-7-8-12(3)17-14(19)15(13(16)18-20)9-11(2)10-15/h11-12,20H,4-10H2,1-3H3,(H2,16,18)(H,17,19). The van der Waals surface area contributed by atoms with Crippen molar-refractivity contribution in [3.05, 3.63) is 0 Å². The summed E-state index contributed by atoms with van der Waals surface area (Å²) >= 11 is 0. The van der Waals surface area contributed by atoms with Crippen LogP contribution in [0, 0.1) is 11.3 Å². The van der Waals surface area contributed by atoms with E-state index < -0.39 is 5.41 Å². The number of unbranched alkanes of at least 4 members (excludes halogenated alkanes) is 3. The van der Waals surface area contributed by atoms with Crippen LogP contribution >= 0.6 is 0 Å². The quantitative estimate of drug-likeness (QED) is 0.210. The Balaban J connectivity index is 2.47. The summed E-state index contributed by atoms with van der Waals surface area (Å²) in [6.07, 6.45) is 7.10. The second-order valence-electron chi connectivity index (χ2n) is 6.30. The highest BCUT2D eigenvalue weighted by Gasteiger charge is 2.52. The fourth-order valence-electron chi connectivity index (χ4n) is 3.05. The normalized spacial score (nSPS) is 27.8. The van der Waals surface area contributed by atoms with E-state index in [0.29, 0.717) is 18.8 Å². The number of carbonyl (C=O) groups is 1. The van der Waals surface area contributed by atoms with Crippen molar-refractivity contribution in [1.29, 1.82) is 0 Å². The van der Waals surface area contributed by atoms with Crippen molar-refractivity contribution < 1.29 is 10.0 Å². The highest BCUT2D eigenvalue weighted by Crippen LogP contribution is 2.46. The van der Waals surface area contributed by atoms with Gasteiger partial charge in [0.15, 0.2) is 5.84 Å². The van der Waals surface area contributed by atoms with Crippen LogP contribution in [0.1, 0.15) is 65.7 Å². The second-order valence-corrected chi connectivity index (χ2v) is 6.30. The molecule has 0 aliphatic heterocycles. The lowest BCUT2D eigenvalue weighted by molar-refractivity contribution is -0.133. The number of hydrogen-bond acceptors (Lipinski definition) is 3. The average molecular weight is 283 g/mol. The van der Waals surface area contributed by atoms with Gasteiger partial charge in [-0.15, -0.1) is 0 Å². The van der Waals surface area contributed by atoms with E-state index in [1.165, 1.54) is 19.3 Å². The van der Waals surface area contributed by atoms with Crippen LogP contribution < -0.4 is 11.1 Å². The molecule has 1 aliphatic carbocycles. The number of nitrogens with one attached hydrogen (secondary N) is 1. The highest BCUT2D eigenvalue weighted by molar-refractivity contribution is 6.07. The van der Waals surface area contributed by atoms with Crippen LogP contribution in [0.4, 0.5) is 0 Å². The Morgan fingerprint density at radius 2 is 2.10 bits per heavy atom. The van der Waals surface area contributed by atoms with Crippen molar-refractivity contribution >= 4 is 11.7 Å². The SMILES string of the molecule is CCCCCCC(C)NC(=O)C1(C(N)=NO)CC(C)C1. The van der Waals surface area contributed by atoms with Crippen LogP contribution in [0.15, 0.2) is 5.16 Å². The summed E-state index contributed by atoms with van der Waals surface area (Å²) in [7, 11) is 0. The van der Waals surface area contributed by atoms with Crippen molar-refractivity contribution in [2.24, 2.45) is 22.2 Å². The maximum atomic E-state index is 12.4. The molecule has 1 fully saturated rings. The molecule has 1 saturated carbocycles. The van der Waals surface area contributed by atoms with Gasteiger partial charge in [-0.05, 0) is 32.1 Å². The Bertz CT molecular complexity index is 349. The average Bonchev–Trinajstić information content (AvgIpc) is 2.38. The number of hydrogen-bond donors (Lipinski definition) is 3. The maximum absolute atomic E-state index is 12.4. The minimum absolute atomic E-state index is 0.0475. The Kier molecular flexibility index (Phi) is 6.30. The van der Waals surface area contributed by atoms with Gasteiger partial charge in [0.2, 0.25) is 5.91 Å². The van der Waals surface area contributed by atoms with Crippen LogP contribution in [-0.4, -0.2) is 23.0 Å². The molecule has 0 aromatic carbocycles. The topological polar surface area (TPSA) is 87.7 Å². The first-order valence-electron chi connectivity index (χ1n) is 7.75. The molecule has 1 atom stereocenters. The molecule has 1 rings (SSSR count). The fourth-order valence-corrected chi connectivity index (χ4v) is 3.05. The van der Waals surface area contributed by atoms with E-state index in [1.54, 1.807) is 0 Å². The molecule has 0 heterocycles. The zero-order chi connectivity index (χ0) is 15.2. The van der Waals surface area contributed by atoms with Crippen molar-refractivity contribution in [1.82, 2.24) is 5.32 Å². The molecule has 0 spiro atoms. The Morgan fingerprint density at radius 1 is 1.45 bits per heavy atom. The summed E-state index contributed by atoms with van der Waals surface area (Å²) in [6, 6.07) is 0.138. The van der Waals surface area contributed by atoms with E-state index in [9.17, 15) is 4.79 Å². The predicted octanol–water partition coefficient (Wildman–Crippen LogP) is 2.62. The first kappa shape index (κ1) is 16.8. The molecule has 0 bridgehead atoms. The van der Waals surface area contributed by atoms with Gasteiger partial charge in [-0.2, -0.15) is 0 Å². The van der Waals surface area contributed by atoms with Crippen LogP contribution in [0.2, 0.25) is 0 Å². The van der Waals surface area contributed by atoms with Crippen LogP contribution in [0.5, 0.6) is 0 Å². The molecule has 5 heteroatoms. The van der Waals surface area contributed by atoms with Crippen molar-refractivity contribution in [2.75, 3.05) is 0 Å². The number of nitrogens with zero attached hydrogens (tertiary/aromatic N) is 1. The molecule has 0 aromatic heterocycles. The monoisotopic (exact) mass is 283 g/mol. The van der Waals surface area contributed by atoms with Gasteiger partial charge in [-0.1, -0.05) is 44.7 Å². The molecular formula is C15H29N3O2. The number of amides is 1. The summed E-state index contributed by atoms with van der Waals surface area (Å²) < 4.78 is 0. The summed E-state index contributed by atoms with van der Waals surface area (Å²) in [5.41, 5.74) is 4.95. The van der Waals surface area contributed by atoms with Crippen molar-refractivity contribution in [3.8, 4) is 0 Å². The van der Waals surface area contributed by atoms with E-state index in [1.807, 2.05) is 6.92 Å². The van der Waals surface area contributed by atoms with Gasteiger partial charge in [-0.25, -0.2) is 0 Å². The van der Waals surface area contributed by atoms with Crippen LogP contribution in [0.25, 0.3) is 0 Å². The Hall–Kier alpha value is -1.26. The molecule has 0 radical (unpaired) electrons. The molecule has 5 nitrogen and oxygen atoms in total. The third kappa shape index (κ3) is 3.87. The number of oxime groups is 1. The van der Waals surface area contributed by atoms with E-state index in [2.05, 4.69) is 24.3 Å². The minimum Gasteiger partial charge on any atom is -0.409 e. The number of nitrogens with two attached hydrogens (primary N) is 1. The molecule has 1 amide bonds. The molecule has 0 aromatic rings. The lowest BCUT2D eigenvalue weighted by atomic mass is 9.61. The van der Waals surface area contributed by atoms with Gasteiger partial charge in [0.05, 0.1) is 0 Å². The van der Waals surface area contributed by atoms with Crippen molar-refractivity contribution in [2.45, 2.75) is 71.8 Å². The summed E-state index contributed by atoms with van der Waals surface area (Å²) in [5, 5.41) is 15.0. The zero-order valence-corrected chi connectivity index (χ0v) is 13.0. The molecule has 1 aliphatic rings. The first-order chi connectivity index (χ1) is 9.46.